The van der Waals surface area contributed by atoms with Crippen molar-refractivity contribution in [2.75, 3.05) is 7.11 Å². The molecule has 4 nitrogen and oxygen atoms in total. The first kappa shape index (κ1) is 19.3. The minimum atomic E-state index is -0.353. The Morgan fingerprint density at radius 1 is 1.22 bits per heavy atom. The second-order valence-electron chi connectivity index (χ2n) is 6.57. The molecule has 0 spiro atoms. The normalized spacial score (nSPS) is 11.0. The molecule has 5 heteroatoms. The lowest BCUT2D eigenvalue weighted by atomic mass is 10.0. The van der Waals surface area contributed by atoms with E-state index in [-0.39, 0.29) is 5.97 Å². The molecule has 3 rings (SSSR count). The number of methoxy groups -OCH3 is 1. The number of aryl methyl sites for hydroxylation is 2. The maximum Gasteiger partial charge on any atom is 0.308 e. The Morgan fingerprint density at radius 3 is 2.52 bits per heavy atom. The number of fused-ring (bicyclic) bond motifs is 1. The minimum Gasteiger partial charge on any atom is -0.497 e. The first-order valence-electron chi connectivity index (χ1n) is 8.99. The fraction of sp³-hybridized carbons (Fsp3) is 0.318. The van der Waals surface area contributed by atoms with E-state index in [1.54, 1.807) is 7.11 Å². The largest absolute Gasteiger partial charge is 0.497 e. The van der Waals surface area contributed by atoms with Crippen LogP contribution in [-0.4, -0.2) is 13.1 Å². The van der Waals surface area contributed by atoms with E-state index in [4.69, 9.17) is 25.5 Å². The first-order valence-corrected chi connectivity index (χ1v) is 9.37. The van der Waals surface area contributed by atoms with Gasteiger partial charge in [-0.05, 0) is 42.7 Å². The maximum atomic E-state index is 11.7. The van der Waals surface area contributed by atoms with Crippen LogP contribution in [0.1, 0.15) is 42.7 Å². The molecule has 0 aliphatic carbocycles. The fourth-order valence-corrected chi connectivity index (χ4v) is 3.52. The highest BCUT2D eigenvalue weighted by atomic mass is 35.5. The number of benzene rings is 2. The summed E-state index contributed by atoms with van der Waals surface area (Å²) in [5, 5.41) is 1.32. The predicted molar refractivity (Wildman–Crippen MR) is 107 cm³/mol. The van der Waals surface area contributed by atoms with Crippen molar-refractivity contribution >= 4 is 28.5 Å². The van der Waals surface area contributed by atoms with Crippen molar-refractivity contribution in [2.24, 2.45) is 0 Å². The van der Waals surface area contributed by atoms with Crippen LogP contribution in [0.4, 0.5) is 0 Å². The summed E-state index contributed by atoms with van der Waals surface area (Å²) in [5.74, 6) is 1.82. The van der Waals surface area contributed by atoms with Gasteiger partial charge in [-0.25, -0.2) is 0 Å². The lowest BCUT2D eigenvalue weighted by Crippen LogP contribution is -2.05. The van der Waals surface area contributed by atoms with Gasteiger partial charge in [0, 0.05) is 18.9 Å². The predicted octanol–water partition coefficient (Wildman–Crippen LogP) is 5.87. The topological polar surface area (TPSA) is 48.7 Å². The van der Waals surface area contributed by atoms with E-state index in [1.807, 2.05) is 37.3 Å². The first-order chi connectivity index (χ1) is 12.9. The highest BCUT2D eigenvalue weighted by Gasteiger charge is 2.22. The van der Waals surface area contributed by atoms with Crippen LogP contribution < -0.4 is 9.47 Å². The second kappa shape index (κ2) is 8.05. The zero-order chi connectivity index (χ0) is 19.6. The Labute approximate surface area is 164 Å². The lowest BCUT2D eigenvalue weighted by Gasteiger charge is -2.11. The van der Waals surface area contributed by atoms with E-state index < -0.39 is 0 Å². The minimum absolute atomic E-state index is 0.353. The summed E-state index contributed by atoms with van der Waals surface area (Å²) >= 11 is 6.48. The molecule has 0 aliphatic rings. The van der Waals surface area contributed by atoms with E-state index in [0.29, 0.717) is 22.8 Å². The van der Waals surface area contributed by atoms with Crippen molar-refractivity contribution in [3.05, 3.63) is 57.8 Å². The molecule has 3 aromatic rings. The maximum absolute atomic E-state index is 11.7. The molecule has 142 valence electrons. The van der Waals surface area contributed by atoms with Crippen molar-refractivity contribution in [2.45, 2.75) is 40.0 Å². The molecule has 1 heterocycles. The lowest BCUT2D eigenvalue weighted by molar-refractivity contribution is -0.131. The molecule has 27 heavy (non-hydrogen) atoms. The molecule has 0 saturated carbocycles. The number of halogens is 1. The Morgan fingerprint density at radius 2 is 1.93 bits per heavy atom. The highest BCUT2D eigenvalue weighted by Crippen LogP contribution is 2.41. The number of carbonyl (C=O) groups is 1. The number of esters is 1. The monoisotopic (exact) mass is 386 g/mol. The van der Waals surface area contributed by atoms with Crippen molar-refractivity contribution in [3.8, 4) is 11.5 Å². The smallest absolute Gasteiger partial charge is 0.308 e. The SMILES string of the molecule is CCCc1cc(Cl)c2oc(Cc3ccc(OC)cc3)c(C)c2c1OC(C)=O. The summed E-state index contributed by atoms with van der Waals surface area (Å²) in [6.45, 7) is 5.46. The van der Waals surface area contributed by atoms with Gasteiger partial charge in [0.25, 0.3) is 0 Å². The fourth-order valence-electron chi connectivity index (χ4n) is 3.26. The molecular formula is C22H23ClO4. The van der Waals surface area contributed by atoms with Crippen LogP contribution in [-0.2, 0) is 17.6 Å². The Hall–Kier alpha value is -2.46. The molecule has 1 aromatic heterocycles. The Balaban J connectivity index is 2.11. The third-order valence-corrected chi connectivity index (χ3v) is 4.85. The molecule has 0 aliphatic heterocycles. The van der Waals surface area contributed by atoms with E-state index in [9.17, 15) is 4.79 Å². The molecule has 0 fully saturated rings. The van der Waals surface area contributed by atoms with Crippen LogP contribution in [0.2, 0.25) is 5.02 Å². The van der Waals surface area contributed by atoms with Gasteiger partial charge in [-0.1, -0.05) is 37.1 Å². The van der Waals surface area contributed by atoms with Crippen LogP contribution in [0.25, 0.3) is 11.0 Å². The number of hydrogen-bond donors (Lipinski definition) is 0. The number of hydrogen-bond acceptors (Lipinski definition) is 4. The molecule has 2 aromatic carbocycles. The number of rotatable bonds is 6. The van der Waals surface area contributed by atoms with Crippen LogP contribution in [0.15, 0.2) is 34.7 Å². The molecule has 0 radical (unpaired) electrons. The Bertz CT molecular complexity index is 970. The number of carbonyl (C=O) groups excluding carboxylic acids is 1. The summed E-state index contributed by atoms with van der Waals surface area (Å²) in [7, 11) is 1.64. The van der Waals surface area contributed by atoms with Crippen molar-refractivity contribution in [3.63, 3.8) is 0 Å². The van der Waals surface area contributed by atoms with Crippen molar-refractivity contribution in [1.29, 1.82) is 0 Å². The summed E-state index contributed by atoms with van der Waals surface area (Å²) in [4.78, 5) is 11.7. The van der Waals surface area contributed by atoms with Crippen LogP contribution in [0.5, 0.6) is 11.5 Å². The summed E-state index contributed by atoms with van der Waals surface area (Å²) in [5.41, 5.74) is 3.52. The second-order valence-corrected chi connectivity index (χ2v) is 6.98. The molecule has 0 atom stereocenters. The van der Waals surface area contributed by atoms with Gasteiger partial charge in [-0.2, -0.15) is 0 Å². The van der Waals surface area contributed by atoms with Crippen LogP contribution >= 0.6 is 11.6 Å². The van der Waals surface area contributed by atoms with Gasteiger partial charge in [-0.15, -0.1) is 0 Å². The van der Waals surface area contributed by atoms with Gasteiger partial charge < -0.3 is 13.9 Å². The number of ether oxygens (including phenoxy) is 2. The van der Waals surface area contributed by atoms with Crippen LogP contribution in [0, 0.1) is 6.92 Å². The average molecular weight is 387 g/mol. The summed E-state index contributed by atoms with van der Waals surface area (Å²) in [6.07, 6.45) is 2.31. The van der Waals surface area contributed by atoms with E-state index in [1.165, 1.54) is 6.92 Å². The third kappa shape index (κ3) is 3.96. The molecule has 0 bridgehead atoms. The molecule has 0 unspecified atom stereocenters. The molecule has 0 amide bonds. The van der Waals surface area contributed by atoms with Gasteiger partial charge in [0.2, 0.25) is 0 Å². The summed E-state index contributed by atoms with van der Waals surface area (Å²) < 4.78 is 16.9. The van der Waals surface area contributed by atoms with E-state index in [0.717, 1.165) is 46.4 Å². The quantitative estimate of drug-likeness (QED) is 0.392. The molecule has 0 saturated heterocycles. The van der Waals surface area contributed by atoms with Gasteiger partial charge in [-0.3, -0.25) is 4.79 Å². The highest BCUT2D eigenvalue weighted by molar-refractivity contribution is 6.35. The van der Waals surface area contributed by atoms with Crippen molar-refractivity contribution < 1.29 is 18.7 Å². The van der Waals surface area contributed by atoms with E-state index in [2.05, 4.69) is 6.92 Å². The third-order valence-electron chi connectivity index (χ3n) is 4.57. The van der Waals surface area contributed by atoms with Crippen molar-refractivity contribution in [1.82, 2.24) is 0 Å². The average Bonchev–Trinajstić information content (AvgIpc) is 2.96. The van der Waals surface area contributed by atoms with E-state index >= 15 is 0 Å². The van der Waals surface area contributed by atoms with Crippen LogP contribution in [0.3, 0.4) is 0 Å². The Kier molecular flexibility index (Phi) is 5.76. The zero-order valence-electron chi connectivity index (χ0n) is 16.0. The van der Waals surface area contributed by atoms with Gasteiger partial charge in [0.15, 0.2) is 5.58 Å². The van der Waals surface area contributed by atoms with Gasteiger partial charge >= 0.3 is 5.97 Å². The summed E-state index contributed by atoms with van der Waals surface area (Å²) in [6, 6.07) is 9.69. The van der Waals surface area contributed by atoms with Gasteiger partial charge in [0.05, 0.1) is 17.5 Å². The van der Waals surface area contributed by atoms with Gasteiger partial charge in [0.1, 0.15) is 17.3 Å². The molecule has 0 N–H and O–H groups in total. The standard InChI is InChI=1S/C22H23ClO4/c1-5-6-16-12-18(23)22-20(21(16)26-14(3)24)13(2)19(27-22)11-15-7-9-17(25-4)10-8-15/h7-10,12H,5-6,11H2,1-4H3. The molecular weight excluding hydrogens is 364 g/mol. The number of furan rings is 1. The zero-order valence-corrected chi connectivity index (χ0v) is 16.8.